The van der Waals surface area contributed by atoms with Gasteiger partial charge in [-0.1, -0.05) is 31.2 Å². The fraction of sp³-hybridized carbons (Fsp3) is 0.455. The van der Waals surface area contributed by atoms with Crippen molar-refractivity contribution in [2.75, 3.05) is 14.2 Å². The van der Waals surface area contributed by atoms with E-state index in [0.717, 1.165) is 0 Å². The third-order valence-corrected chi connectivity index (χ3v) is 6.27. The first-order valence-corrected chi connectivity index (χ1v) is 10.1. The Morgan fingerprint density at radius 1 is 0.871 bits per heavy atom. The number of aliphatic hydroxyl groups is 1. The second kappa shape index (κ2) is 9.30. The smallest absolute Gasteiger partial charge is 0.252 e. The molecule has 1 N–H and O–H groups in total. The van der Waals surface area contributed by atoms with E-state index in [9.17, 15) is 25.3 Å². The van der Waals surface area contributed by atoms with Crippen molar-refractivity contribution in [3.8, 4) is 11.5 Å². The molecule has 166 valence electrons. The van der Waals surface area contributed by atoms with Crippen LogP contribution >= 0.6 is 0 Å². The zero-order valence-corrected chi connectivity index (χ0v) is 17.6. The van der Waals surface area contributed by atoms with Crippen LogP contribution in [0.15, 0.2) is 48.5 Å². The Morgan fingerprint density at radius 2 is 1.35 bits per heavy atom. The normalized spacial score (nSPS) is 28.0. The fourth-order valence-corrected chi connectivity index (χ4v) is 4.91. The van der Waals surface area contributed by atoms with Gasteiger partial charge in [-0.3, -0.25) is 20.2 Å². The standard InChI is InChI=1S/C22H26N2O7/c1-4-17-18(13-7-5-9-15(11-13)30-2)20(23(26)27)19(21(22(17)25)24(28)29)14-8-6-10-16(12-14)31-3/h5-12,17-22,25H,4H2,1-3H3/t17-,18-,19-,20-,21+,22-/m1/s1. The molecular weight excluding hydrogens is 404 g/mol. The van der Waals surface area contributed by atoms with Crippen molar-refractivity contribution >= 4 is 0 Å². The van der Waals surface area contributed by atoms with Gasteiger partial charge in [0.25, 0.3) is 6.04 Å². The van der Waals surface area contributed by atoms with E-state index in [1.165, 1.54) is 14.2 Å². The van der Waals surface area contributed by atoms with Crippen molar-refractivity contribution in [2.45, 2.75) is 43.4 Å². The van der Waals surface area contributed by atoms with E-state index < -0.39 is 45.8 Å². The molecule has 9 nitrogen and oxygen atoms in total. The van der Waals surface area contributed by atoms with E-state index in [-0.39, 0.29) is 0 Å². The van der Waals surface area contributed by atoms with E-state index in [2.05, 4.69) is 0 Å². The zero-order chi connectivity index (χ0) is 22.7. The Hall–Kier alpha value is -3.20. The number of benzene rings is 2. The Labute approximate surface area is 179 Å². The summed E-state index contributed by atoms with van der Waals surface area (Å²) in [4.78, 5) is 23.4. The molecule has 2 aromatic rings. The molecular formula is C22H26N2O7. The minimum atomic E-state index is -1.52. The van der Waals surface area contributed by atoms with E-state index in [4.69, 9.17) is 9.47 Å². The van der Waals surface area contributed by atoms with Gasteiger partial charge in [-0.15, -0.1) is 0 Å². The summed E-state index contributed by atoms with van der Waals surface area (Å²) in [6.45, 7) is 1.78. The summed E-state index contributed by atoms with van der Waals surface area (Å²) in [5.74, 6) is -1.59. The summed E-state index contributed by atoms with van der Waals surface area (Å²) in [5.41, 5.74) is 1.01. The predicted octanol–water partition coefficient (Wildman–Crippen LogP) is 3.26. The summed E-state index contributed by atoms with van der Waals surface area (Å²) >= 11 is 0. The van der Waals surface area contributed by atoms with Crippen molar-refractivity contribution < 1.29 is 24.4 Å². The largest absolute Gasteiger partial charge is 0.497 e. The quantitative estimate of drug-likeness (QED) is 0.528. The first kappa shape index (κ1) is 22.5. The zero-order valence-electron chi connectivity index (χ0n) is 17.6. The van der Waals surface area contributed by atoms with Crippen molar-refractivity contribution in [3.05, 3.63) is 79.9 Å². The van der Waals surface area contributed by atoms with Gasteiger partial charge >= 0.3 is 0 Å². The first-order valence-electron chi connectivity index (χ1n) is 10.1. The molecule has 1 fully saturated rings. The average Bonchev–Trinajstić information content (AvgIpc) is 2.77. The lowest BCUT2D eigenvalue weighted by atomic mass is 9.62. The fourth-order valence-electron chi connectivity index (χ4n) is 4.91. The van der Waals surface area contributed by atoms with E-state index in [1.54, 1.807) is 55.5 Å². The van der Waals surface area contributed by atoms with Gasteiger partial charge in [0.2, 0.25) is 6.04 Å². The Bertz CT molecular complexity index is 951. The summed E-state index contributed by atoms with van der Waals surface area (Å²) in [5, 5.41) is 35.5. The van der Waals surface area contributed by atoms with Crippen molar-refractivity contribution in [1.29, 1.82) is 0 Å². The van der Waals surface area contributed by atoms with Gasteiger partial charge in [0, 0.05) is 15.8 Å². The maximum Gasteiger partial charge on any atom is 0.252 e. The lowest BCUT2D eigenvalue weighted by molar-refractivity contribution is -0.588. The van der Waals surface area contributed by atoms with Crippen molar-refractivity contribution in [2.24, 2.45) is 5.92 Å². The number of ether oxygens (including phenoxy) is 2. The van der Waals surface area contributed by atoms with E-state index >= 15 is 0 Å². The lowest BCUT2D eigenvalue weighted by Crippen LogP contribution is -2.58. The van der Waals surface area contributed by atoms with Crippen LogP contribution in [0.3, 0.4) is 0 Å². The molecule has 2 aromatic carbocycles. The molecule has 31 heavy (non-hydrogen) atoms. The summed E-state index contributed by atoms with van der Waals surface area (Å²) < 4.78 is 10.5. The highest BCUT2D eigenvalue weighted by Crippen LogP contribution is 2.49. The number of hydrogen-bond acceptors (Lipinski definition) is 7. The monoisotopic (exact) mass is 430 g/mol. The Morgan fingerprint density at radius 3 is 1.77 bits per heavy atom. The minimum Gasteiger partial charge on any atom is -0.497 e. The topological polar surface area (TPSA) is 125 Å². The number of nitro groups is 2. The van der Waals surface area contributed by atoms with Crippen LogP contribution in [-0.2, 0) is 0 Å². The van der Waals surface area contributed by atoms with E-state index in [1.807, 2.05) is 0 Å². The van der Waals surface area contributed by atoms with Gasteiger partial charge in [-0.05, 0) is 41.8 Å². The van der Waals surface area contributed by atoms with Crippen LogP contribution in [-0.4, -0.2) is 47.4 Å². The molecule has 1 aliphatic rings. The van der Waals surface area contributed by atoms with E-state index in [0.29, 0.717) is 29.0 Å². The van der Waals surface area contributed by atoms with Gasteiger partial charge in [-0.25, -0.2) is 0 Å². The van der Waals surface area contributed by atoms with Crippen LogP contribution < -0.4 is 9.47 Å². The highest BCUT2D eigenvalue weighted by atomic mass is 16.6. The third-order valence-electron chi connectivity index (χ3n) is 6.27. The maximum absolute atomic E-state index is 12.4. The number of nitrogens with zero attached hydrogens (tertiary/aromatic N) is 2. The van der Waals surface area contributed by atoms with Gasteiger partial charge < -0.3 is 14.6 Å². The van der Waals surface area contributed by atoms with Crippen LogP contribution in [0.1, 0.15) is 36.3 Å². The van der Waals surface area contributed by atoms with Crippen LogP contribution in [0.5, 0.6) is 11.5 Å². The molecule has 3 rings (SSSR count). The second-order valence-electron chi connectivity index (χ2n) is 7.72. The molecule has 0 amide bonds. The first-order chi connectivity index (χ1) is 14.8. The molecule has 0 saturated heterocycles. The Balaban J connectivity index is 2.24. The van der Waals surface area contributed by atoms with Gasteiger partial charge in [0.05, 0.1) is 20.1 Å². The second-order valence-corrected chi connectivity index (χ2v) is 7.72. The van der Waals surface area contributed by atoms with Crippen molar-refractivity contribution in [1.82, 2.24) is 0 Å². The van der Waals surface area contributed by atoms with Crippen LogP contribution in [0, 0.1) is 26.1 Å². The molecule has 0 spiro atoms. The van der Waals surface area contributed by atoms with Gasteiger partial charge in [-0.2, -0.15) is 0 Å². The highest BCUT2D eigenvalue weighted by molar-refractivity contribution is 5.37. The highest BCUT2D eigenvalue weighted by Gasteiger charge is 2.61. The lowest BCUT2D eigenvalue weighted by Gasteiger charge is -2.42. The van der Waals surface area contributed by atoms with Crippen LogP contribution in [0.2, 0.25) is 0 Å². The molecule has 0 heterocycles. The third kappa shape index (κ3) is 4.18. The number of hydrogen-bond donors (Lipinski definition) is 1. The van der Waals surface area contributed by atoms with Gasteiger partial charge in [0.15, 0.2) is 0 Å². The molecule has 9 heteroatoms. The molecule has 1 aliphatic carbocycles. The molecule has 0 aromatic heterocycles. The molecule has 0 bridgehead atoms. The minimum absolute atomic E-state index is 0.350. The Kier molecular flexibility index (Phi) is 6.74. The number of rotatable bonds is 7. The molecule has 0 radical (unpaired) electrons. The SMILES string of the molecule is CC[C@H]1[C@@H](O)[C@@H]([N+](=O)[O-])[C@H](c2cccc(OC)c2)[C@H]([N+](=O)[O-])[C@@H]1c1cccc(OC)c1. The number of aliphatic hydroxyl groups excluding tert-OH is 1. The summed E-state index contributed by atoms with van der Waals surface area (Å²) in [7, 11) is 2.95. The van der Waals surface area contributed by atoms with Crippen LogP contribution in [0.4, 0.5) is 0 Å². The van der Waals surface area contributed by atoms with Gasteiger partial charge in [0.1, 0.15) is 23.5 Å². The maximum atomic E-state index is 12.4. The molecule has 0 aliphatic heterocycles. The molecule has 0 unspecified atom stereocenters. The van der Waals surface area contributed by atoms with Crippen molar-refractivity contribution in [3.63, 3.8) is 0 Å². The summed E-state index contributed by atoms with van der Waals surface area (Å²) in [6.07, 6.45) is -1.01. The number of methoxy groups -OCH3 is 2. The molecule has 6 atom stereocenters. The van der Waals surface area contributed by atoms with Crippen LogP contribution in [0.25, 0.3) is 0 Å². The average molecular weight is 430 g/mol. The molecule has 1 saturated carbocycles. The summed E-state index contributed by atoms with van der Waals surface area (Å²) in [6, 6.07) is 10.5. The predicted molar refractivity (Wildman–Crippen MR) is 113 cm³/mol.